The zero-order chi connectivity index (χ0) is 17.3. The molecule has 0 saturated heterocycles. The molecule has 1 atom stereocenters. The molecule has 1 unspecified atom stereocenters. The van der Waals surface area contributed by atoms with E-state index in [1.807, 2.05) is 4.68 Å². The molecule has 0 aliphatic carbocycles. The number of fused-ring (bicyclic) bond motifs is 1. The van der Waals surface area contributed by atoms with E-state index in [0.717, 1.165) is 31.9 Å². The van der Waals surface area contributed by atoms with Gasteiger partial charge in [0.15, 0.2) is 5.82 Å². The van der Waals surface area contributed by atoms with Crippen LogP contribution in [0, 0.1) is 0 Å². The van der Waals surface area contributed by atoms with Crippen molar-refractivity contribution in [1.29, 1.82) is 0 Å². The second kappa shape index (κ2) is 6.41. The number of benzene rings is 2. The molecule has 0 radical (unpaired) electrons. The van der Waals surface area contributed by atoms with Crippen LogP contribution in [0.4, 0.5) is 0 Å². The molecule has 4 rings (SSSR count). The molecule has 1 aliphatic heterocycles. The number of tetrazole rings is 1. The Morgan fingerprint density at radius 2 is 1.72 bits per heavy atom. The van der Waals surface area contributed by atoms with Gasteiger partial charge in [-0.25, -0.2) is 4.68 Å². The molecule has 5 heteroatoms. The van der Waals surface area contributed by atoms with E-state index in [4.69, 9.17) is 0 Å². The van der Waals surface area contributed by atoms with E-state index >= 15 is 0 Å². The highest BCUT2D eigenvalue weighted by Gasteiger charge is 2.43. The minimum absolute atomic E-state index is 0.343. The third-order valence-electron chi connectivity index (χ3n) is 5.32. The molecule has 0 fully saturated rings. The highest BCUT2D eigenvalue weighted by molar-refractivity contribution is 5.34. The summed E-state index contributed by atoms with van der Waals surface area (Å²) in [7, 11) is 0. The Hall–Kier alpha value is -2.53. The largest absolute Gasteiger partial charge is 0.281 e. The highest BCUT2D eigenvalue weighted by atomic mass is 15.6. The first kappa shape index (κ1) is 16.0. The number of aromatic nitrogens is 4. The van der Waals surface area contributed by atoms with Crippen molar-refractivity contribution in [3.05, 3.63) is 77.1 Å². The van der Waals surface area contributed by atoms with Gasteiger partial charge in [-0.15, -0.1) is 5.10 Å². The average molecular weight is 333 g/mol. The third-order valence-corrected chi connectivity index (χ3v) is 5.32. The van der Waals surface area contributed by atoms with Gasteiger partial charge in [-0.1, -0.05) is 61.5 Å². The van der Waals surface area contributed by atoms with Crippen LogP contribution in [0.3, 0.4) is 0 Å². The van der Waals surface area contributed by atoms with Gasteiger partial charge in [0.25, 0.3) is 0 Å². The normalized spacial score (nSPS) is 20.4. The minimum Gasteiger partial charge on any atom is -0.281 e. The summed E-state index contributed by atoms with van der Waals surface area (Å²) < 4.78 is 1.94. The average Bonchev–Trinajstić information content (AvgIpc) is 3.15. The van der Waals surface area contributed by atoms with Crippen LogP contribution >= 0.6 is 0 Å². The number of nitrogens with zero attached hydrogens (tertiary/aromatic N) is 5. The lowest BCUT2D eigenvalue weighted by Gasteiger charge is -2.43. The second-order valence-corrected chi connectivity index (χ2v) is 6.76. The first-order valence-electron chi connectivity index (χ1n) is 8.87. The van der Waals surface area contributed by atoms with Crippen LogP contribution in [0.15, 0.2) is 54.6 Å². The van der Waals surface area contributed by atoms with Crippen LogP contribution in [0.1, 0.15) is 36.4 Å². The van der Waals surface area contributed by atoms with E-state index in [0.29, 0.717) is 0 Å². The SMILES string of the molecule is CCc1ccc(C2(C)c3nnnn3CCN2Cc2ccccc2)cc1. The van der Waals surface area contributed by atoms with Crippen molar-refractivity contribution in [2.24, 2.45) is 0 Å². The molecule has 3 aromatic rings. The lowest BCUT2D eigenvalue weighted by molar-refractivity contribution is 0.0833. The van der Waals surface area contributed by atoms with Gasteiger partial charge >= 0.3 is 0 Å². The van der Waals surface area contributed by atoms with E-state index < -0.39 is 0 Å². The fourth-order valence-corrected chi connectivity index (χ4v) is 3.70. The fourth-order valence-electron chi connectivity index (χ4n) is 3.70. The van der Waals surface area contributed by atoms with Gasteiger partial charge in [-0.2, -0.15) is 0 Å². The Morgan fingerprint density at radius 3 is 2.44 bits per heavy atom. The molecule has 5 nitrogen and oxygen atoms in total. The van der Waals surface area contributed by atoms with Crippen LogP contribution in [0.5, 0.6) is 0 Å². The lowest BCUT2D eigenvalue weighted by atomic mass is 9.86. The molecule has 2 aromatic carbocycles. The van der Waals surface area contributed by atoms with Crippen LogP contribution in [-0.4, -0.2) is 31.7 Å². The van der Waals surface area contributed by atoms with E-state index in [1.165, 1.54) is 16.7 Å². The van der Waals surface area contributed by atoms with Crippen LogP contribution in [0.25, 0.3) is 0 Å². The van der Waals surface area contributed by atoms with E-state index in [-0.39, 0.29) is 5.54 Å². The minimum atomic E-state index is -0.343. The standard InChI is InChI=1S/C20H23N5/c1-3-16-9-11-18(12-10-16)20(2)19-21-22-23-25(19)14-13-24(20)15-17-7-5-4-6-8-17/h4-12H,3,13-15H2,1-2H3. The first-order chi connectivity index (χ1) is 12.2. The number of hydrogen-bond acceptors (Lipinski definition) is 4. The monoisotopic (exact) mass is 333 g/mol. The molecule has 2 heterocycles. The Labute approximate surface area is 148 Å². The van der Waals surface area contributed by atoms with E-state index in [2.05, 4.69) is 88.9 Å². The predicted molar refractivity (Wildman–Crippen MR) is 96.9 cm³/mol. The van der Waals surface area contributed by atoms with Crippen molar-refractivity contribution in [2.45, 2.75) is 38.9 Å². The van der Waals surface area contributed by atoms with Gasteiger partial charge in [0.05, 0.1) is 6.54 Å². The smallest absolute Gasteiger partial charge is 0.176 e. The molecular weight excluding hydrogens is 310 g/mol. The molecule has 1 aliphatic rings. The summed E-state index contributed by atoms with van der Waals surface area (Å²) in [6.45, 7) is 7.02. The van der Waals surface area contributed by atoms with Crippen molar-refractivity contribution in [1.82, 2.24) is 25.1 Å². The van der Waals surface area contributed by atoms with E-state index in [1.54, 1.807) is 0 Å². The summed E-state index contributed by atoms with van der Waals surface area (Å²) in [5.74, 6) is 0.916. The molecule has 0 amide bonds. The summed E-state index contributed by atoms with van der Waals surface area (Å²) in [6.07, 6.45) is 1.04. The quantitative estimate of drug-likeness (QED) is 0.736. The maximum Gasteiger partial charge on any atom is 0.176 e. The number of hydrogen-bond donors (Lipinski definition) is 0. The summed E-state index contributed by atoms with van der Waals surface area (Å²) in [4.78, 5) is 2.48. The van der Waals surface area contributed by atoms with Crippen molar-refractivity contribution in [2.75, 3.05) is 6.54 Å². The maximum absolute atomic E-state index is 4.38. The van der Waals surface area contributed by atoms with Crippen molar-refractivity contribution in [3.8, 4) is 0 Å². The highest BCUT2D eigenvalue weighted by Crippen LogP contribution is 2.37. The molecule has 0 saturated carbocycles. The molecule has 25 heavy (non-hydrogen) atoms. The molecule has 0 N–H and O–H groups in total. The predicted octanol–water partition coefficient (Wildman–Crippen LogP) is 3.01. The van der Waals surface area contributed by atoms with Gasteiger partial charge in [-0.3, -0.25) is 4.90 Å². The van der Waals surface area contributed by atoms with Gasteiger partial charge < -0.3 is 0 Å². The lowest BCUT2D eigenvalue weighted by Crippen LogP contribution is -2.51. The zero-order valence-corrected chi connectivity index (χ0v) is 14.8. The Kier molecular flexibility index (Phi) is 4.09. The second-order valence-electron chi connectivity index (χ2n) is 6.76. The summed E-state index contributed by atoms with van der Waals surface area (Å²) >= 11 is 0. The fraction of sp³-hybridized carbons (Fsp3) is 0.350. The molecule has 0 spiro atoms. The molecule has 128 valence electrons. The van der Waals surface area contributed by atoms with Gasteiger partial charge in [0.1, 0.15) is 5.54 Å². The summed E-state index contributed by atoms with van der Waals surface area (Å²) in [6, 6.07) is 19.5. The Balaban J connectivity index is 1.77. The summed E-state index contributed by atoms with van der Waals surface area (Å²) in [5.41, 5.74) is 3.54. The van der Waals surface area contributed by atoms with Crippen LogP contribution in [-0.2, 0) is 25.0 Å². The summed E-state index contributed by atoms with van der Waals surface area (Å²) in [5, 5.41) is 12.5. The Morgan fingerprint density at radius 1 is 0.960 bits per heavy atom. The maximum atomic E-state index is 4.38. The molecule has 0 bridgehead atoms. The molecule has 1 aromatic heterocycles. The first-order valence-corrected chi connectivity index (χ1v) is 8.87. The van der Waals surface area contributed by atoms with Crippen LogP contribution in [0.2, 0.25) is 0 Å². The van der Waals surface area contributed by atoms with Crippen molar-refractivity contribution in [3.63, 3.8) is 0 Å². The van der Waals surface area contributed by atoms with Crippen LogP contribution < -0.4 is 0 Å². The van der Waals surface area contributed by atoms with Gasteiger partial charge in [0, 0.05) is 13.1 Å². The van der Waals surface area contributed by atoms with Gasteiger partial charge in [0.2, 0.25) is 0 Å². The van der Waals surface area contributed by atoms with E-state index in [9.17, 15) is 0 Å². The topological polar surface area (TPSA) is 46.8 Å². The van der Waals surface area contributed by atoms with Crippen molar-refractivity contribution < 1.29 is 0 Å². The number of aryl methyl sites for hydroxylation is 1. The zero-order valence-electron chi connectivity index (χ0n) is 14.8. The van der Waals surface area contributed by atoms with Gasteiger partial charge in [-0.05, 0) is 40.5 Å². The molecular formula is C20H23N5. The number of rotatable bonds is 4. The third kappa shape index (κ3) is 2.74. The Bertz CT molecular complexity index is 840. The van der Waals surface area contributed by atoms with Crippen molar-refractivity contribution >= 4 is 0 Å².